The molecule has 1 aliphatic rings. The Morgan fingerprint density at radius 2 is 1.07 bits per heavy atom. The molecule has 206 valence electrons. The zero-order valence-corrected chi connectivity index (χ0v) is 24.9. The van der Waals surface area contributed by atoms with Crippen LogP contribution in [0.1, 0.15) is 25.0 Å². The minimum absolute atomic E-state index is 0.179. The average Bonchev–Trinajstić information content (AvgIpc) is 3.29. The lowest BCUT2D eigenvalue weighted by molar-refractivity contribution is 0.666. The fraction of sp³-hybridized carbons (Fsp3) is 0.0732. The fourth-order valence-corrected chi connectivity index (χ4v) is 7.29. The van der Waals surface area contributed by atoms with Gasteiger partial charge in [-0.3, -0.25) is 0 Å². The molecule has 0 N–H and O–H groups in total. The molecule has 7 aromatic carbocycles. The van der Waals surface area contributed by atoms with Crippen LogP contribution in [0.4, 0.5) is 17.1 Å². The largest absolute Gasteiger partial charge is 0.310 e. The number of hydrogen-bond donors (Lipinski definition) is 0. The lowest BCUT2D eigenvalue weighted by Gasteiger charge is -2.28. The molecule has 43 heavy (non-hydrogen) atoms. The summed E-state index contributed by atoms with van der Waals surface area (Å²) in [6, 6.07) is 52.2. The number of benzene rings is 7. The van der Waals surface area contributed by atoms with Crippen LogP contribution in [0.5, 0.6) is 0 Å². The molecule has 0 aromatic heterocycles. The van der Waals surface area contributed by atoms with Gasteiger partial charge >= 0.3 is 0 Å². The second kappa shape index (κ2) is 9.87. The maximum atomic E-state index is 6.55. The summed E-state index contributed by atoms with van der Waals surface area (Å²) in [7, 11) is 0. The smallest absolute Gasteiger partial charge is 0.0476 e. The number of halogens is 1. The monoisotopic (exact) mass is 571 g/mol. The lowest BCUT2D eigenvalue weighted by Crippen LogP contribution is -2.17. The first-order chi connectivity index (χ1) is 21.0. The summed E-state index contributed by atoms with van der Waals surface area (Å²) >= 11 is 6.55. The van der Waals surface area contributed by atoms with E-state index in [4.69, 9.17) is 11.6 Å². The van der Waals surface area contributed by atoms with Gasteiger partial charge in [-0.2, -0.15) is 0 Å². The number of nitrogens with zero attached hydrogens (tertiary/aromatic N) is 1. The Morgan fingerprint density at radius 3 is 1.79 bits per heavy atom. The first kappa shape index (κ1) is 25.8. The molecule has 0 saturated heterocycles. The maximum Gasteiger partial charge on any atom is 0.0476 e. The minimum atomic E-state index is -0.179. The van der Waals surface area contributed by atoms with E-state index in [1.807, 2.05) is 18.2 Å². The molecule has 1 nitrogen and oxygen atoms in total. The van der Waals surface area contributed by atoms with Crippen LogP contribution < -0.4 is 4.90 Å². The zero-order chi connectivity index (χ0) is 29.1. The van der Waals surface area contributed by atoms with Crippen LogP contribution in [-0.2, 0) is 5.41 Å². The normalized spacial score (nSPS) is 13.2. The second-order valence-electron chi connectivity index (χ2n) is 11.9. The van der Waals surface area contributed by atoms with Gasteiger partial charge in [-0.05, 0) is 97.4 Å². The van der Waals surface area contributed by atoms with E-state index in [9.17, 15) is 0 Å². The third-order valence-corrected chi connectivity index (χ3v) is 9.30. The highest BCUT2D eigenvalue weighted by atomic mass is 35.5. The van der Waals surface area contributed by atoms with Crippen molar-refractivity contribution >= 4 is 50.2 Å². The van der Waals surface area contributed by atoms with Crippen LogP contribution >= 0.6 is 11.6 Å². The second-order valence-corrected chi connectivity index (χ2v) is 12.4. The number of rotatable bonds is 4. The molecule has 0 spiro atoms. The van der Waals surface area contributed by atoms with Crippen LogP contribution in [0.3, 0.4) is 0 Å². The minimum Gasteiger partial charge on any atom is -0.310 e. The molecule has 0 heterocycles. The molecular weight excluding hydrogens is 542 g/mol. The first-order valence-corrected chi connectivity index (χ1v) is 15.2. The Kier molecular flexibility index (Phi) is 5.93. The van der Waals surface area contributed by atoms with E-state index < -0.39 is 0 Å². The molecule has 0 unspecified atom stereocenters. The number of anilines is 3. The molecule has 2 heteroatoms. The summed E-state index contributed by atoms with van der Waals surface area (Å²) in [4.78, 5) is 2.32. The molecule has 0 aliphatic heterocycles. The highest BCUT2D eigenvalue weighted by Gasteiger charge is 2.39. The predicted molar refractivity (Wildman–Crippen MR) is 184 cm³/mol. The van der Waals surface area contributed by atoms with Crippen molar-refractivity contribution in [1.29, 1.82) is 0 Å². The highest BCUT2D eigenvalue weighted by Crippen LogP contribution is 2.55. The molecular formula is C41H30ClN. The van der Waals surface area contributed by atoms with Gasteiger partial charge in [0.1, 0.15) is 0 Å². The Hall–Kier alpha value is -4.85. The maximum absolute atomic E-state index is 6.55. The van der Waals surface area contributed by atoms with Gasteiger partial charge < -0.3 is 4.90 Å². The zero-order valence-electron chi connectivity index (χ0n) is 24.2. The average molecular weight is 572 g/mol. The summed E-state index contributed by atoms with van der Waals surface area (Å²) < 4.78 is 0. The standard InChI is InChI=1S/C41H30ClN/c1-41(2)38-26-32(23-24-37(38)39-35-17-8-6-15-33(35)34-16-7-9-18-36(34)40(39)41)43(31-14-10-13-29(42)25-31)30-21-19-28(20-22-30)27-11-4-3-5-12-27/h3-26H,1-2H3. The van der Waals surface area contributed by atoms with Crippen molar-refractivity contribution in [1.82, 2.24) is 0 Å². The topological polar surface area (TPSA) is 3.24 Å². The van der Waals surface area contributed by atoms with E-state index in [2.05, 4.69) is 146 Å². The van der Waals surface area contributed by atoms with Gasteiger partial charge in [-0.15, -0.1) is 0 Å². The van der Waals surface area contributed by atoms with Gasteiger partial charge in [0.2, 0.25) is 0 Å². The van der Waals surface area contributed by atoms with E-state index >= 15 is 0 Å². The van der Waals surface area contributed by atoms with E-state index in [1.54, 1.807) is 0 Å². The Bertz CT molecular complexity index is 2160. The number of fused-ring (bicyclic) bond motifs is 8. The molecule has 0 radical (unpaired) electrons. The molecule has 0 fully saturated rings. The fourth-order valence-electron chi connectivity index (χ4n) is 7.11. The van der Waals surface area contributed by atoms with Crippen molar-refractivity contribution in [3.8, 4) is 22.3 Å². The summed E-state index contributed by atoms with van der Waals surface area (Å²) in [5.41, 5.74) is 10.9. The lowest BCUT2D eigenvalue weighted by atomic mass is 9.79. The van der Waals surface area contributed by atoms with Crippen LogP contribution in [0.2, 0.25) is 5.02 Å². The van der Waals surface area contributed by atoms with Gasteiger partial charge in [0.05, 0.1) is 0 Å². The van der Waals surface area contributed by atoms with E-state index in [0.717, 1.165) is 22.1 Å². The Labute approximate surface area is 257 Å². The predicted octanol–water partition coefficient (Wildman–Crippen LogP) is 12.1. The van der Waals surface area contributed by atoms with Gasteiger partial charge in [0.25, 0.3) is 0 Å². The summed E-state index contributed by atoms with van der Waals surface area (Å²) in [6.45, 7) is 4.75. The summed E-state index contributed by atoms with van der Waals surface area (Å²) in [6.07, 6.45) is 0. The van der Waals surface area contributed by atoms with Crippen LogP contribution in [0.15, 0.2) is 146 Å². The van der Waals surface area contributed by atoms with E-state index in [-0.39, 0.29) is 5.41 Å². The molecule has 0 bridgehead atoms. The SMILES string of the molecule is CC1(C)c2cc(N(c3ccc(-c4ccccc4)cc3)c3cccc(Cl)c3)ccc2-c2c1c1ccccc1c1ccccc21. The van der Waals surface area contributed by atoms with Crippen LogP contribution in [-0.4, -0.2) is 0 Å². The van der Waals surface area contributed by atoms with Crippen molar-refractivity contribution in [2.24, 2.45) is 0 Å². The summed E-state index contributed by atoms with van der Waals surface area (Å²) in [5.74, 6) is 0. The Morgan fingerprint density at radius 1 is 0.488 bits per heavy atom. The molecule has 0 amide bonds. The van der Waals surface area contributed by atoms with Gasteiger partial charge in [0.15, 0.2) is 0 Å². The molecule has 8 rings (SSSR count). The van der Waals surface area contributed by atoms with Gasteiger partial charge in [-0.25, -0.2) is 0 Å². The Balaban J connectivity index is 1.33. The van der Waals surface area contributed by atoms with Crippen LogP contribution in [0.25, 0.3) is 43.8 Å². The molecule has 1 aliphatic carbocycles. The van der Waals surface area contributed by atoms with Crippen molar-refractivity contribution in [2.75, 3.05) is 4.90 Å². The van der Waals surface area contributed by atoms with Crippen molar-refractivity contribution in [2.45, 2.75) is 19.3 Å². The van der Waals surface area contributed by atoms with Gasteiger partial charge in [-0.1, -0.05) is 129 Å². The first-order valence-electron chi connectivity index (χ1n) is 14.8. The number of hydrogen-bond acceptors (Lipinski definition) is 1. The molecule has 0 atom stereocenters. The van der Waals surface area contributed by atoms with E-state index in [1.165, 1.54) is 54.9 Å². The van der Waals surface area contributed by atoms with Crippen LogP contribution in [0, 0.1) is 0 Å². The van der Waals surface area contributed by atoms with Crippen molar-refractivity contribution in [3.05, 3.63) is 162 Å². The van der Waals surface area contributed by atoms with Crippen molar-refractivity contribution < 1.29 is 0 Å². The summed E-state index contributed by atoms with van der Waals surface area (Å²) in [5, 5.41) is 6.00. The van der Waals surface area contributed by atoms with Gasteiger partial charge in [0, 0.05) is 27.5 Å². The molecule has 0 saturated carbocycles. The third kappa shape index (κ3) is 4.07. The van der Waals surface area contributed by atoms with E-state index in [0.29, 0.717) is 0 Å². The van der Waals surface area contributed by atoms with Crippen molar-refractivity contribution in [3.63, 3.8) is 0 Å². The molecule has 7 aromatic rings. The quantitative estimate of drug-likeness (QED) is 0.190. The highest BCUT2D eigenvalue weighted by molar-refractivity contribution is 6.30. The third-order valence-electron chi connectivity index (χ3n) is 9.06.